The van der Waals surface area contributed by atoms with Crippen molar-refractivity contribution in [2.75, 3.05) is 7.11 Å². The van der Waals surface area contributed by atoms with Gasteiger partial charge in [-0.05, 0) is 42.7 Å². The number of rotatable bonds is 6. The maximum Gasteiger partial charge on any atom is 0.255 e. The molecule has 0 radical (unpaired) electrons. The molecule has 3 rings (SSSR count). The fourth-order valence-electron chi connectivity index (χ4n) is 3.16. The van der Waals surface area contributed by atoms with Gasteiger partial charge in [0.25, 0.3) is 5.91 Å². The number of amides is 1. The molecular weight excluding hydrogens is 357 g/mol. The summed E-state index contributed by atoms with van der Waals surface area (Å²) < 4.78 is 20.7. The number of carbonyl (C=O) groups is 1. The highest BCUT2D eigenvalue weighted by molar-refractivity contribution is 5.95. The number of ether oxygens (including phenoxy) is 1. The van der Waals surface area contributed by atoms with Crippen LogP contribution in [-0.4, -0.2) is 22.8 Å². The Bertz CT molecular complexity index is 964. The number of benzene rings is 2. The molecule has 5 nitrogen and oxygen atoms in total. The molecule has 1 heterocycles. The number of hydrogen-bond donors (Lipinski definition) is 1. The average Bonchev–Trinajstić information content (AvgIpc) is 3.07. The van der Waals surface area contributed by atoms with Gasteiger partial charge in [-0.3, -0.25) is 4.79 Å². The van der Waals surface area contributed by atoms with Crippen LogP contribution in [0.15, 0.2) is 54.7 Å². The Morgan fingerprint density at radius 2 is 1.82 bits per heavy atom. The largest absolute Gasteiger partial charge is 0.497 e. The van der Waals surface area contributed by atoms with Crippen molar-refractivity contribution in [3.8, 4) is 11.4 Å². The SMILES string of the molecule is COc1ccc(C(NC(=O)c2cnn(-c3ccccc3F)c2C)C(C)C)cc1. The highest BCUT2D eigenvalue weighted by Crippen LogP contribution is 2.25. The zero-order valence-corrected chi connectivity index (χ0v) is 16.4. The van der Waals surface area contributed by atoms with Gasteiger partial charge in [0, 0.05) is 0 Å². The lowest BCUT2D eigenvalue weighted by molar-refractivity contribution is 0.0925. The summed E-state index contributed by atoms with van der Waals surface area (Å²) in [6, 6.07) is 13.8. The van der Waals surface area contributed by atoms with Crippen LogP contribution in [0.25, 0.3) is 5.69 Å². The summed E-state index contributed by atoms with van der Waals surface area (Å²) in [4.78, 5) is 12.9. The third-order valence-corrected chi connectivity index (χ3v) is 4.76. The Labute approximate surface area is 164 Å². The van der Waals surface area contributed by atoms with E-state index >= 15 is 0 Å². The molecule has 0 spiro atoms. The summed E-state index contributed by atoms with van der Waals surface area (Å²) in [6.07, 6.45) is 1.47. The Balaban J connectivity index is 1.86. The van der Waals surface area contributed by atoms with Gasteiger partial charge >= 0.3 is 0 Å². The van der Waals surface area contributed by atoms with Crippen LogP contribution < -0.4 is 10.1 Å². The van der Waals surface area contributed by atoms with Crippen molar-refractivity contribution in [1.82, 2.24) is 15.1 Å². The number of nitrogens with zero attached hydrogens (tertiary/aromatic N) is 2. The number of aromatic nitrogens is 2. The summed E-state index contributed by atoms with van der Waals surface area (Å²) in [7, 11) is 1.62. The highest BCUT2D eigenvalue weighted by Gasteiger charge is 2.22. The molecule has 0 bridgehead atoms. The number of nitrogens with one attached hydrogen (secondary N) is 1. The van der Waals surface area contributed by atoms with Crippen LogP contribution in [0.3, 0.4) is 0 Å². The molecule has 0 saturated heterocycles. The van der Waals surface area contributed by atoms with Gasteiger partial charge in [0.2, 0.25) is 0 Å². The molecule has 2 aromatic carbocycles. The van der Waals surface area contributed by atoms with Gasteiger partial charge in [-0.1, -0.05) is 38.1 Å². The standard InChI is InChI=1S/C22H24FN3O2/c1-14(2)21(16-9-11-17(28-4)12-10-16)25-22(27)18-13-24-26(15(18)3)20-8-6-5-7-19(20)23/h5-14,21H,1-4H3,(H,25,27). The molecule has 0 fully saturated rings. The zero-order chi connectivity index (χ0) is 20.3. The Hall–Kier alpha value is -3.15. The van der Waals surface area contributed by atoms with Crippen molar-refractivity contribution in [3.63, 3.8) is 0 Å². The molecule has 1 amide bonds. The van der Waals surface area contributed by atoms with Crippen molar-refractivity contribution in [2.24, 2.45) is 5.92 Å². The molecule has 28 heavy (non-hydrogen) atoms. The maximum absolute atomic E-state index is 14.1. The van der Waals surface area contributed by atoms with E-state index in [1.807, 2.05) is 38.1 Å². The van der Waals surface area contributed by atoms with Crippen molar-refractivity contribution < 1.29 is 13.9 Å². The van der Waals surface area contributed by atoms with Crippen LogP contribution in [0.4, 0.5) is 4.39 Å². The van der Waals surface area contributed by atoms with Crippen molar-refractivity contribution >= 4 is 5.91 Å². The zero-order valence-electron chi connectivity index (χ0n) is 16.4. The number of carbonyl (C=O) groups excluding carboxylic acids is 1. The van der Waals surface area contributed by atoms with Crippen molar-refractivity contribution in [3.05, 3.63) is 77.4 Å². The molecule has 0 saturated carbocycles. The van der Waals surface area contributed by atoms with E-state index in [1.165, 1.54) is 16.9 Å². The minimum atomic E-state index is -0.390. The lowest BCUT2D eigenvalue weighted by Crippen LogP contribution is -2.32. The van der Waals surface area contributed by atoms with E-state index in [0.717, 1.165) is 11.3 Å². The van der Waals surface area contributed by atoms with E-state index < -0.39 is 0 Å². The summed E-state index contributed by atoms with van der Waals surface area (Å²) in [5, 5.41) is 7.29. The summed E-state index contributed by atoms with van der Waals surface area (Å²) in [6.45, 7) is 5.85. The molecule has 6 heteroatoms. The predicted octanol–water partition coefficient (Wildman–Crippen LogP) is 4.46. The minimum absolute atomic E-state index is 0.172. The van der Waals surface area contributed by atoms with Crippen LogP contribution in [0.2, 0.25) is 0 Å². The van der Waals surface area contributed by atoms with Gasteiger partial charge in [0.1, 0.15) is 17.3 Å². The Morgan fingerprint density at radius 1 is 1.14 bits per heavy atom. The van der Waals surface area contributed by atoms with E-state index in [4.69, 9.17) is 4.74 Å². The molecule has 0 aliphatic carbocycles. The van der Waals surface area contributed by atoms with E-state index in [1.54, 1.807) is 32.2 Å². The smallest absolute Gasteiger partial charge is 0.255 e. The number of para-hydroxylation sites is 1. The first-order valence-electron chi connectivity index (χ1n) is 9.16. The third kappa shape index (κ3) is 3.91. The van der Waals surface area contributed by atoms with E-state index in [-0.39, 0.29) is 23.7 Å². The van der Waals surface area contributed by atoms with Gasteiger partial charge in [-0.15, -0.1) is 0 Å². The van der Waals surface area contributed by atoms with E-state index in [2.05, 4.69) is 10.4 Å². The predicted molar refractivity (Wildman–Crippen MR) is 106 cm³/mol. The minimum Gasteiger partial charge on any atom is -0.497 e. The normalized spacial score (nSPS) is 12.1. The fourth-order valence-corrected chi connectivity index (χ4v) is 3.16. The van der Waals surface area contributed by atoms with Crippen molar-refractivity contribution in [1.29, 1.82) is 0 Å². The molecule has 146 valence electrons. The first-order chi connectivity index (χ1) is 13.4. The molecule has 0 aliphatic rings. The number of methoxy groups -OCH3 is 1. The van der Waals surface area contributed by atoms with Crippen LogP contribution in [0.1, 0.15) is 41.5 Å². The lowest BCUT2D eigenvalue weighted by atomic mass is 9.95. The molecule has 1 unspecified atom stereocenters. The Kier molecular flexibility index (Phi) is 5.78. The average molecular weight is 381 g/mol. The maximum atomic E-state index is 14.1. The van der Waals surface area contributed by atoms with Gasteiger partial charge in [0.15, 0.2) is 0 Å². The molecular formula is C22H24FN3O2. The van der Waals surface area contributed by atoms with Crippen molar-refractivity contribution in [2.45, 2.75) is 26.8 Å². The summed E-state index contributed by atoms with van der Waals surface area (Å²) in [5.74, 6) is 0.312. The second-order valence-electron chi connectivity index (χ2n) is 6.98. The molecule has 0 aliphatic heterocycles. The van der Waals surface area contributed by atoms with E-state index in [9.17, 15) is 9.18 Å². The number of halogens is 1. The second kappa shape index (κ2) is 8.25. The van der Waals surface area contributed by atoms with Gasteiger partial charge in [-0.2, -0.15) is 5.10 Å². The quantitative estimate of drug-likeness (QED) is 0.686. The fraction of sp³-hybridized carbons (Fsp3) is 0.273. The van der Waals surface area contributed by atoms with Gasteiger partial charge in [-0.25, -0.2) is 9.07 Å². The van der Waals surface area contributed by atoms with Crippen LogP contribution in [0.5, 0.6) is 5.75 Å². The second-order valence-corrected chi connectivity index (χ2v) is 6.98. The Morgan fingerprint density at radius 3 is 2.43 bits per heavy atom. The first kappa shape index (κ1) is 19.6. The first-order valence-corrected chi connectivity index (χ1v) is 9.16. The monoisotopic (exact) mass is 381 g/mol. The molecule has 1 atom stereocenters. The molecule has 1 N–H and O–H groups in total. The third-order valence-electron chi connectivity index (χ3n) is 4.76. The van der Waals surface area contributed by atoms with Gasteiger partial charge < -0.3 is 10.1 Å². The highest BCUT2D eigenvalue weighted by atomic mass is 19.1. The summed E-state index contributed by atoms with van der Waals surface area (Å²) >= 11 is 0. The molecule has 1 aromatic heterocycles. The van der Waals surface area contributed by atoms with Gasteiger partial charge in [0.05, 0.1) is 30.6 Å². The van der Waals surface area contributed by atoms with Crippen LogP contribution >= 0.6 is 0 Å². The van der Waals surface area contributed by atoms with Crippen LogP contribution in [0, 0.1) is 18.7 Å². The van der Waals surface area contributed by atoms with E-state index in [0.29, 0.717) is 16.9 Å². The van der Waals surface area contributed by atoms with Crippen LogP contribution in [-0.2, 0) is 0 Å². The number of hydrogen-bond acceptors (Lipinski definition) is 3. The lowest BCUT2D eigenvalue weighted by Gasteiger charge is -2.23. The summed E-state index contributed by atoms with van der Waals surface area (Å²) in [5.41, 5.74) is 2.31. The molecule has 3 aromatic rings. The topological polar surface area (TPSA) is 56.1 Å².